The van der Waals surface area contributed by atoms with Crippen LogP contribution in [0.5, 0.6) is 0 Å². The fraction of sp³-hybridized carbons (Fsp3) is 0.190. The molecular weight excluding hydrogens is 761 g/mol. The predicted octanol–water partition coefficient (Wildman–Crippen LogP) is 6.23. The number of nitrogens with two attached hydrogens (primary N) is 2. The molecule has 2 aliphatic rings. The summed E-state index contributed by atoms with van der Waals surface area (Å²) in [5.41, 5.74) is 19.6. The lowest BCUT2D eigenvalue weighted by Crippen LogP contribution is -2.23. The molecule has 296 valence electrons. The van der Waals surface area contributed by atoms with Crippen molar-refractivity contribution in [1.82, 2.24) is 49.5 Å². The number of ether oxygens (including phenoxy) is 2. The number of nitrogens with one attached hydrogen (secondary N) is 2. The molecule has 0 fully saturated rings. The average Bonchev–Trinajstić information content (AvgIpc) is 3.87. The number of nitrogen functional groups attached to an aromatic ring is 2. The molecule has 0 radical (unpaired) electrons. The van der Waals surface area contributed by atoms with Crippen LogP contribution in [-0.4, -0.2) is 62.7 Å². The molecule has 0 aliphatic carbocycles. The smallest absolute Gasteiger partial charge is 0.162 e. The second-order valence-electron chi connectivity index (χ2n) is 14.2. The number of hydrogen-bond donors (Lipinski definition) is 4. The normalized spacial score (nSPS) is 15.5. The van der Waals surface area contributed by atoms with Crippen molar-refractivity contribution in [2.45, 2.75) is 39.1 Å². The van der Waals surface area contributed by atoms with Gasteiger partial charge in [-0.05, 0) is 72.1 Å². The van der Waals surface area contributed by atoms with Crippen LogP contribution in [0.3, 0.4) is 0 Å². The number of rotatable bonds is 6. The van der Waals surface area contributed by atoms with E-state index in [4.69, 9.17) is 20.9 Å². The molecule has 2 aliphatic heterocycles. The fourth-order valence-electron chi connectivity index (χ4n) is 7.11. The van der Waals surface area contributed by atoms with Gasteiger partial charge in [0.15, 0.2) is 23.7 Å². The van der Waals surface area contributed by atoms with Crippen LogP contribution in [0.2, 0.25) is 0 Å². The van der Waals surface area contributed by atoms with Gasteiger partial charge in [0.25, 0.3) is 0 Å². The minimum Gasteiger partial charge on any atom is -0.383 e. The number of fused-ring (bicyclic) bond motifs is 4. The van der Waals surface area contributed by atoms with E-state index in [0.29, 0.717) is 61.3 Å². The van der Waals surface area contributed by atoms with Crippen molar-refractivity contribution in [3.8, 4) is 34.7 Å². The van der Waals surface area contributed by atoms with Crippen LogP contribution >= 0.6 is 0 Å². The quantitative estimate of drug-likeness (QED) is 0.145. The molecule has 10 rings (SSSR count). The van der Waals surface area contributed by atoms with Crippen molar-refractivity contribution in [2.24, 2.45) is 0 Å². The Hall–Kier alpha value is -8.06. The second kappa shape index (κ2) is 15.7. The van der Waals surface area contributed by atoms with Gasteiger partial charge in [-0.1, -0.05) is 0 Å². The van der Waals surface area contributed by atoms with E-state index in [1.807, 2.05) is 62.4 Å². The average molecular weight is 797 g/mol. The number of pyridine rings is 6. The summed E-state index contributed by atoms with van der Waals surface area (Å²) >= 11 is 0. The third-order valence-corrected chi connectivity index (χ3v) is 10.2. The summed E-state index contributed by atoms with van der Waals surface area (Å²) in [6.07, 6.45) is 10.5. The number of aromatic nitrogens is 10. The molecule has 0 saturated carbocycles. The van der Waals surface area contributed by atoms with Crippen molar-refractivity contribution in [3.05, 3.63) is 108 Å². The number of hydrogen-bond acceptors (Lipinski definition) is 16. The first-order valence-electron chi connectivity index (χ1n) is 18.8. The Kier molecular flexibility index (Phi) is 9.82. The van der Waals surface area contributed by atoms with Crippen LogP contribution in [0.25, 0.3) is 44.1 Å². The van der Waals surface area contributed by atoms with Gasteiger partial charge < -0.3 is 31.6 Å². The zero-order valence-electron chi connectivity index (χ0n) is 32.4. The van der Waals surface area contributed by atoms with Crippen molar-refractivity contribution in [2.75, 3.05) is 35.3 Å². The minimum absolute atomic E-state index is 0.335. The summed E-state index contributed by atoms with van der Waals surface area (Å²) < 4.78 is 14.3. The zero-order valence-corrected chi connectivity index (χ0v) is 32.4. The Labute approximate surface area is 342 Å². The van der Waals surface area contributed by atoms with Crippen molar-refractivity contribution in [1.29, 1.82) is 10.5 Å². The van der Waals surface area contributed by atoms with Crippen molar-refractivity contribution in [3.63, 3.8) is 0 Å². The molecule has 6 N–H and O–H groups in total. The van der Waals surface area contributed by atoms with E-state index in [9.17, 15) is 10.5 Å². The summed E-state index contributed by atoms with van der Waals surface area (Å²) in [6.45, 7) is 5.54. The summed E-state index contributed by atoms with van der Waals surface area (Å²) in [5.74, 6) is 3.27. The molecule has 0 spiro atoms. The van der Waals surface area contributed by atoms with Gasteiger partial charge in [0, 0.05) is 71.2 Å². The van der Waals surface area contributed by atoms with E-state index in [1.165, 1.54) is 0 Å². The summed E-state index contributed by atoms with van der Waals surface area (Å²) in [5, 5.41) is 37.3. The Balaban J connectivity index is 0.000000154. The van der Waals surface area contributed by atoms with Gasteiger partial charge in [0.1, 0.15) is 23.3 Å². The number of nitriles is 2. The van der Waals surface area contributed by atoms with Gasteiger partial charge in [-0.2, -0.15) is 20.7 Å². The topological polar surface area (TPSA) is 255 Å². The first-order valence-corrected chi connectivity index (χ1v) is 18.8. The third-order valence-electron chi connectivity index (χ3n) is 10.2. The molecule has 0 unspecified atom stereocenters. The number of nitrogens with zero attached hydrogens (tertiary/aromatic N) is 12. The summed E-state index contributed by atoms with van der Waals surface area (Å²) in [7, 11) is 0. The lowest BCUT2D eigenvalue weighted by molar-refractivity contribution is 0.0681. The number of anilines is 6. The standard InChI is InChI=1S/2C21H18N8O/c2*1-12-2-3-24-8-16(12)18-4-13-5-19(25-9-17(13)21(23)26-18)27-20-6-14-10-30-11-15(7-22)29(14)28-20/h2*2-6,8-9,15H,10-11H2,1H3,(H2,23,26)(H,25,27,28)/t2*15-/m10/s1. The lowest BCUT2D eigenvalue weighted by atomic mass is 10.1. The maximum atomic E-state index is 9.27. The molecule has 2 atom stereocenters. The van der Waals surface area contributed by atoms with E-state index in [0.717, 1.165) is 66.6 Å². The van der Waals surface area contributed by atoms with Crippen molar-refractivity contribution < 1.29 is 9.47 Å². The fourth-order valence-corrected chi connectivity index (χ4v) is 7.11. The third kappa shape index (κ3) is 7.31. The van der Waals surface area contributed by atoms with Crippen LogP contribution < -0.4 is 22.1 Å². The first-order chi connectivity index (χ1) is 29.2. The minimum atomic E-state index is -0.426. The van der Waals surface area contributed by atoms with E-state index in [-0.39, 0.29) is 0 Å². The molecule has 0 amide bonds. The SMILES string of the molecule is Cc1ccncc1-c1cc2cc(Nc3cc4n(n3)[C@@H](C#N)COC4)ncc2c(N)n1.Cc1ccncc1-c1cc2cc(Nc3cc4n(n3)[C@H](C#N)COC4)ncc2c(N)n1. The van der Waals surface area contributed by atoms with Gasteiger partial charge >= 0.3 is 0 Å². The maximum absolute atomic E-state index is 9.27. The highest BCUT2D eigenvalue weighted by atomic mass is 16.5. The zero-order chi connectivity index (χ0) is 41.3. The Morgan fingerprint density at radius 3 is 1.50 bits per heavy atom. The van der Waals surface area contributed by atoms with E-state index < -0.39 is 12.1 Å². The second-order valence-corrected chi connectivity index (χ2v) is 14.2. The van der Waals surface area contributed by atoms with E-state index >= 15 is 0 Å². The van der Waals surface area contributed by atoms with Gasteiger partial charge in [0.2, 0.25) is 0 Å². The van der Waals surface area contributed by atoms with Crippen LogP contribution in [0.4, 0.5) is 34.9 Å². The monoisotopic (exact) mass is 796 g/mol. The molecule has 8 aromatic heterocycles. The molecule has 0 saturated heterocycles. The largest absolute Gasteiger partial charge is 0.383 e. The molecule has 60 heavy (non-hydrogen) atoms. The summed E-state index contributed by atoms with van der Waals surface area (Å²) in [4.78, 5) is 26.3. The molecular formula is C42H36N16O2. The Morgan fingerprint density at radius 1 is 0.633 bits per heavy atom. The van der Waals surface area contributed by atoms with Gasteiger partial charge in [0.05, 0.1) is 61.3 Å². The molecule has 0 aromatic carbocycles. The van der Waals surface area contributed by atoms with Gasteiger partial charge in [-0.15, -0.1) is 0 Å². The predicted molar refractivity (Wildman–Crippen MR) is 223 cm³/mol. The van der Waals surface area contributed by atoms with Crippen LogP contribution in [0.15, 0.2) is 85.7 Å². The first kappa shape index (κ1) is 37.5. The van der Waals surface area contributed by atoms with Crippen LogP contribution in [0.1, 0.15) is 34.6 Å². The highest BCUT2D eigenvalue weighted by molar-refractivity contribution is 5.96. The Morgan fingerprint density at radius 2 is 1.08 bits per heavy atom. The van der Waals surface area contributed by atoms with Gasteiger partial charge in [-0.25, -0.2) is 29.3 Å². The number of aryl methyl sites for hydroxylation is 2. The van der Waals surface area contributed by atoms with E-state index in [2.05, 4.69) is 62.9 Å². The molecule has 18 nitrogen and oxygen atoms in total. The van der Waals surface area contributed by atoms with E-state index in [1.54, 1.807) is 46.5 Å². The maximum Gasteiger partial charge on any atom is 0.162 e. The van der Waals surface area contributed by atoms with Crippen LogP contribution in [0, 0.1) is 36.5 Å². The highest BCUT2D eigenvalue weighted by Crippen LogP contribution is 2.32. The lowest BCUT2D eigenvalue weighted by Gasteiger charge is -2.18. The van der Waals surface area contributed by atoms with Crippen LogP contribution in [-0.2, 0) is 22.7 Å². The molecule has 18 heteroatoms. The summed E-state index contributed by atoms with van der Waals surface area (Å²) in [6, 6.07) is 18.9. The van der Waals surface area contributed by atoms with Crippen molar-refractivity contribution >= 4 is 56.5 Å². The van der Waals surface area contributed by atoms with Gasteiger partial charge in [-0.3, -0.25) is 9.97 Å². The Bertz CT molecular complexity index is 2820. The molecule has 10 heterocycles. The molecule has 8 aromatic rings. The highest BCUT2D eigenvalue weighted by Gasteiger charge is 2.24. The molecule has 0 bridgehead atoms.